The summed E-state index contributed by atoms with van der Waals surface area (Å²) in [6.07, 6.45) is 0. The van der Waals surface area contributed by atoms with Gasteiger partial charge in [0.15, 0.2) is 0 Å². The van der Waals surface area contributed by atoms with E-state index in [9.17, 15) is 0 Å². The van der Waals surface area contributed by atoms with Crippen LogP contribution in [0.25, 0.3) is 0 Å². The molecular formula is C8H18BNOS. The van der Waals surface area contributed by atoms with Crippen LogP contribution in [0.3, 0.4) is 0 Å². The first-order valence-electron chi connectivity index (χ1n) is 4.39. The van der Waals surface area contributed by atoms with Crippen LogP contribution in [0, 0.1) is 0 Å². The lowest BCUT2D eigenvalue weighted by atomic mass is 10.2. The zero-order valence-electron chi connectivity index (χ0n) is 7.99. The average molecular weight is 187 g/mol. The van der Waals surface area contributed by atoms with Gasteiger partial charge < -0.3 is 5.11 Å². The molecule has 12 heavy (non-hydrogen) atoms. The summed E-state index contributed by atoms with van der Waals surface area (Å²) in [7, 11) is 4.50. The summed E-state index contributed by atoms with van der Waals surface area (Å²) in [4.78, 5) is 2.34. The smallest absolute Gasteiger partial charge is 0.0606 e. The number of thioether (sulfide) groups is 1. The summed E-state index contributed by atoms with van der Waals surface area (Å²) >= 11 is 1.95. The minimum atomic E-state index is 0.320. The zero-order chi connectivity index (χ0) is 9.40. The number of nitrogens with zero attached hydrogens (tertiary/aromatic N) is 1. The van der Waals surface area contributed by atoms with Crippen molar-refractivity contribution in [1.82, 2.24) is 4.90 Å². The molecule has 1 N–H and O–H groups in total. The molecule has 1 heterocycles. The number of aliphatic hydroxyl groups excluding tert-OH is 1. The molecule has 1 aliphatic heterocycles. The number of rotatable bonds is 2. The summed E-state index contributed by atoms with van der Waals surface area (Å²) in [5.74, 6) is 2.33. The molecule has 2 radical (unpaired) electrons. The van der Waals surface area contributed by atoms with Crippen molar-refractivity contribution in [2.24, 2.45) is 0 Å². The third kappa shape index (κ3) is 3.83. The van der Waals surface area contributed by atoms with E-state index in [0.717, 1.165) is 18.8 Å². The van der Waals surface area contributed by atoms with Crippen LogP contribution < -0.4 is 0 Å². The maximum Gasteiger partial charge on any atom is 0.0606 e. The van der Waals surface area contributed by atoms with Gasteiger partial charge in [0.1, 0.15) is 0 Å². The van der Waals surface area contributed by atoms with E-state index in [1.54, 1.807) is 0 Å². The molecule has 1 fully saturated rings. The van der Waals surface area contributed by atoms with Gasteiger partial charge in [0.25, 0.3) is 0 Å². The van der Waals surface area contributed by atoms with Crippen LogP contribution in [0.15, 0.2) is 0 Å². The van der Waals surface area contributed by atoms with Gasteiger partial charge in [-0.25, -0.2) is 0 Å². The Morgan fingerprint density at radius 1 is 1.58 bits per heavy atom. The van der Waals surface area contributed by atoms with E-state index in [0.29, 0.717) is 12.6 Å². The van der Waals surface area contributed by atoms with Gasteiger partial charge in [-0.15, -0.1) is 0 Å². The quantitative estimate of drug-likeness (QED) is 0.641. The van der Waals surface area contributed by atoms with Crippen LogP contribution in [0.1, 0.15) is 6.92 Å². The highest BCUT2D eigenvalue weighted by molar-refractivity contribution is 7.99. The molecular weight excluding hydrogens is 169 g/mol. The Kier molecular flexibility index (Phi) is 8.18. The van der Waals surface area contributed by atoms with Crippen LogP contribution in [0.4, 0.5) is 0 Å². The van der Waals surface area contributed by atoms with E-state index < -0.39 is 0 Å². The minimum absolute atomic E-state index is 0.320. The second-order valence-corrected chi connectivity index (χ2v) is 3.69. The highest BCUT2D eigenvalue weighted by atomic mass is 32.2. The van der Waals surface area contributed by atoms with Crippen LogP contribution in [-0.2, 0) is 0 Å². The maximum absolute atomic E-state index is 8.94. The molecule has 0 spiro atoms. The van der Waals surface area contributed by atoms with Gasteiger partial charge >= 0.3 is 0 Å². The summed E-state index contributed by atoms with van der Waals surface area (Å²) in [5, 5.41) is 8.94. The summed E-state index contributed by atoms with van der Waals surface area (Å²) in [6.45, 7) is 6.19. The van der Waals surface area contributed by atoms with Crippen molar-refractivity contribution in [3.05, 3.63) is 0 Å². The Labute approximate surface area is 81.1 Å². The van der Waals surface area contributed by atoms with Crippen LogP contribution in [0.2, 0.25) is 6.82 Å². The summed E-state index contributed by atoms with van der Waals surface area (Å²) in [5.41, 5.74) is 0. The van der Waals surface area contributed by atoms with Crippen molar-refractivity contribution in [2.75, 3.05) is 31.2 Å². The van der Waals surface area contributed by atoms with E-state index in [1.807, 2.05) is 11.8 Å². The maximum atomic E-state index is 8.94. The van der Waals surface area contributed by atoms with Crippen LogP contribution >= 0.6 is 11.8 Å². The second kappa shape index (κ2) is 7.96. The third-order valence-corrected chi connectivity index (χ3v) is 3.06. The summed E-state index contributed by atoms with van der Waals surface area (Å²) in [6, 6.07) is 0.420. The molecule has 1 saturated heterocycles. The van der Waals surface area contributed by atoms with Gasteiger partial charge in [0, 0.05) is 24.1 Å². The molecule has 0 aromatic heterocycles. The van der Waals surface area contributed by atoms with Crippen molar-refractivity contribution in [2.45, 2.75) is 19.8 Å². The van der Waals surface area contributed by atoms with Gasteiger partial charge in [0.2, 0.25) is 0 Å². The largest absolute Gasteiger partial charge is 0.395 e. The number of aliphatic hydroxyl groups is 1. The molecule has 0 aromatic carbocycles. The number of hydrogen-bond donors (Lipinski definition) is 1. The van der Waals surface area contributed by atoms with E-state index in [-0.39, 0.29) is 0 Å². The highest BCUT2D eigenvalue weighted by Gasteiger charge is 2.19. The Bertz CT molecular complexity index is 93.1. The molecule has 70 valence electrons. The molecule has 4 heteroatoms. The van der Waals surface area contributed by atoms with E-state index in [1.165, 1.54) is 12.6 Å². The normalized spacial score (nSPS) is 24.4. The first-order chi connectivity index (χ1) is 5.88. The third-order valence-electron chi connectivity index (χ3n) is 1.97. The van der Waals surface area contributed by atoms with Crippen molar-refractivity contribution < 1.29 is 5.11 Å². The van der Waals surface area contributed by atoms with Crippen molar-refractivity contribution >= 4 is 19.6 Å². The van der Waals surface area contributed by atoms with Crippen molar-refractivity contribution in [3.8, 4) is 0 Å². The lowest BCUT2D eigenvalue weighted by molar-refractivity contribution is 0.145. The molecule has 1 rings (SSSR count). The molecule has 0 bridgehead atoms. The molecule has 2 nitrogen and oxygen atoms in total. The van der Waals surface area contributed by atoms with Crippen LogP contribution in [0.5, 0.6) is 0 Å². The van der Waals surface area contributed by atoms with Gasteiger partial charge in [-0.1, -0.05) is 13.7 Å². The topological polar surface area (TPSA) is 23.5 Å². The average Bonchev–Trinajstić information content (AvgIpc) is 2.20. The molecule has 0 aliphatic carbocycles. The van der Waals surface area contributed by atoms with Crippen molar-refractivity contribution in [3.63, 3.8) is 0 Å². The number of hydrogen-bond acceptors (Lipinski definition) is 3. The van der Waals surface area contributed by atoms with E-state index in [2.05, 4.69) is 19.7 Å². The number of likely N-dealkylation sites (N-methyl/N-ethyl adjacent to an activating group) is 1. The van der Waals surface area contributed by atoms with E-state index in [4.69, 9.17) is 5.11 Å². The Balaban J connectivity index is 0.000000561. The molecule has 0 aromatic rings. The first-order valence-corrected chi connectivity index (χ1v) is 5.54. The van der Waals surface area contributed by atoms with Gasteiger partial charge in [-0.05, 0) is 6.54 Å². The molecule has 1 unspecified atom stereocenters. The Morgan fingerprint density at radius 3 is 2.67 bits per heavy atom. The zero-order valence-corrected chi connectivity index (χ0v) is 8.81. The standard InChI is InChI=1S/C7H15NOS.CH3B/c1-2-8-3-4-10-6-7(8)5-9;1-2/h7,9H,2-6H2,1H3;1H3. The fraction of sp³-hybridized carbons (Fsp3) is 1.00. The first kappa shape index (κ1) is 12.3. The van der Waals surface area contributed by atoms with Gasteiger partial charge in [-0.3, -0.25) is 4.90 Å². The predicted octanol–water partition coefficient (Wildman–Crippen LogP) is 0.619. The molecule has 1 atom stereocenters. The van der Waals surface area contributed by atoms with Gasteiger partial charge in [0.05, 0.1) is 14.5 Å². The Morgan fingerprint density at radius 2 is 2.25 bits per heavy atom. The molecule has 0 saturated carbocycles. The highest BCUT2D eigenvalue weighted by Crippen LogP contribution is 2.14. The van der Waals surface area contributed by atoms with E-state index >= 15 is 0 Å². The lowest BCUT2D eigenvalue weighted by Crippen LogP contribution is -2.44. The second-order valence-electron chi connectivity index (χ2n) is 2.54. The van der Waals surface area contributed by atoms with Gasteiger partial charge in [-0.2, -0.15) is 11.8 Å². The predicted molar refractivity (Wildman–Crippen MR) is 57.1 cm³/mol. The molecule has 1 aliphatic rings. The Hall–Kier alpha value is 0.335. The SMILES string of the molecule is CCN1CCSCC1CO.[B]C. The minimum Gasteiger partial charge on any atom is -0.395 e. The van der Waals surface area contributed by atoms with Crippen LogP contribution in [-0.4, -0.2) is 55.1 Å². The molecule has 0 amide bonds. The summed E-state index contributed by atoms with van der Waals surface area (Å²) < 4.78 is 0. The fourth-order valence-corrected chi connectivity index (χ4v) is 2.39. The monoisotopic (exact) mass is 187 g/mol. The fourth-order valence-electron chi connectivity index (χ4n) is 1.27. The van der Waals surface area contributed by atoms with Crippen molar-refractivity contribution in [1.29, 1.82) is 0 Å². The lowest BCUT2D eigenvalue weighted by Gasteiger charge is -2.32.